The monoisotopic (exact) mass is 238 g/mol. The Balaban J connectivity index is 2.38. The second-order valence-electron chi connectivity index (χ2n) is 4.14. The molecule has 0 bridgehead atoms. The summed E-state index contributed by atoms with van der Waals surface area (Å²) < 4.78 is 0. The van der Waals surface area contributed by atoms with Crippen LogP contribution in [-0.4, -0.2) is 61.4 Å². The fraction of sp³-hybridized carbons (Fsp3) is 0.727. The van der Waals surface area contributed by atoms with E-state index in [4.69, 9.17) is 5.26 Å². The van der Waals surface area contributed by atoms with Gasteiger partial charge in [0, 0.05) is 26.7 Å². The Bertz CT molecular complexity index is 324. The summed E-state index contributed by atoms with van der Waals surface area (Å²) in [7, 11) is 1.68. The van der Waals surface area contributed by atoms with Gasteiger partial charge in [0.05, 0.1) is 25.6 Å². The van der Waals surface area contributed by atoms with Gasteiger partial charge in [-0.1, -0.05) is 0 Å². The van der Waals surface area contributed by atoms with Crippen LogP contribution in [0.25, 0.3) is 0 Å². The number of nitrogens with one attached hydrogen (secondary N) is 1. The normalized spacial score (nSPS) is 16.8. The highest BCUT2D eigenvalue weighted by molar-refractivity contribution is 5.81. The van der Waals surface area contributed by atoms with Crippen LogP contribution in [0.4, 0.5) is 0 Å². The van der Waals surface area contributed by atoms with Crippen molar-refractivity contribution in [1.82, 2.24) is 15.1 Å². The first-order valence-corrected chi connectivity index (χ1v) is 5.73. The molecule has 0 aromatic rings. The number of amides is 2. The molecule has 0 aromatic heterocycles. The van der Waals surface area contributed by atoms with E-state index >= 15 is 0 Å². The quantitative estimate of drug-likeness (QED) is 0.694. The number of likely N-dealkylation sites (N-methyl/N-ethyl adjacent to an activating group) is 1. The molecule has 1 N–H and O–H groups in total. The highest BCUT2D eigenvalue weighted by atomic mass is 16.2. The Labute approximate surface area is 101 Å². The number of rotatable bonds is 4. The molecule has 0 atom stereocenters. The minimum Gasteiger partial charge on any atom is -0.355 e. The maximum Gasteiger partial charge on any atom is 0.236 e. The van der Waals surface area contributed by atoms with E-state index < -0.39 is 0 Å². The molecule has 1 fully saturated rings. The highest BCUT2D eigenvalue weighted by Gasteiger charge is 2.18. The molecule has 1 saturated heterocycles. The lowest BCUT2D eigenvalue weighted by Gasteiger charge is -2.22. The first-order valence-electron chi connectivity index (χ1n) is 5.73. The number of hydrogen-bond acceptors (Lipinski definition) is 4. The van der Waals surface area contributed by atoms with Crippen LogP contribution in [0.1, 0.15) is 12.8 Å². The first-order chi connectivity index (χ1) is 8.13. The average molecular weight is 238 g/mol. The van der Waals surface area contributed by atoms with Crippen LogP contribution >= 0.6 is 0 Å². The van der Waals surface area contributed by atoms with Crippen LogP contribution in [0.2, 0.25) is 0 Å². The fourth-order valence-corrected chi connectivity index (χ4v) is 1.66. The van der Waals surface area contributed by atoms with E-state index in [0.717, 1.165) is 13.0 Å². The lowest BCUT2D eigenvalue weighted by atomic mass is 10.3. The SMILES string of the molecule is CN(CCC#N)C(=O)CN1CCCNC(=O)C1. The zero-order chi connectivity index (χ0) is 12.7. The van der Waals surface area contributed by atoms with Gasteiger partial charge in [0.15, 0.2) is 0 Å². The van der Waals surface area contributed by atoms with Crippen molar-refractivity contribution in [2.75, 3.05) is 39.8 Å². The van der Waals surface area contributed by atoms with E-state index in [1.54, 1.807) is 7.05 Å². The molecule has 0 aliphatic carbocycles. The Morgan fingerprint density at radius 2 is 2.41 bits per heavy atom. The molecule has 2 amide bonds. The summed E-state index contributed by atoms with van der Waals surface area (Å²) in [5.41, 5.74) is 0. The molecule has 1 heterocycles. The largest absolute Gasteiger partial charge is 0.355 e. The van der Waals surface area contributed by atoms with Gasteiger partial charge < -0.3 is 10.2 Å². The van der Waals surface area contributed by atoms with Crippen LogP contribution in [0.15, 0.2) is 0 Å². The van der Waals surface area contributed by atoms with E-state index in [-0.39, 0.29) is 24.9 Å². The smallest absolute Gasteiger partial charge is 0.236 e. The second kappa shape index (κ2) is 6.86. The van der Waals surface area contributed by atoms with E-state index in [1.807, 2.05) is 11.0 Å². The maximum absolute atomic E-state index is 11.8. The molecule has 1 aliphatic heterocycles. The van der Waals surface area contributed by atoms with Gasteiger partial charge in [0.1, 0.15) is 0 Å². The number of nitrogens with zero attached hydrogens (tertiary/aromatic N) is 3. The molecule has 0 saturated carbocycles. The van der Waals surface area contributed by atoms with Gasteiger partial charge >= 0.3 is 0 Å². The number of nitriles is 1. The Kier molecular flexibility index (Phi) is 5.43. The summed E-state index contributed by atoms with van der Waals surface area (Å²) in [6, 6.07) is 2.00. The lowest BCUT2D eigenvalue weighted by Crippen LogP contribution is -2.41. The molecular formula is C11H18N4O2. The van der Waals surface area contributed by atoms with Gasteiger partial charge in [-0.2, -0.15) is 5.26 Å². The van der Waals surface area contributed by atoms with Crippen LogP contribution in [0.3, 0.4) is 0 Å². The minimum atomic E-state index is -0.0463. The van der Waals surface area contributed by atoms with Gasteiger partial charge in [-0.05, 0) is 6.42 Å². The molecule has 0 aromatic carbocycles. The summed E-state index contributed by atoms with van der Waals surface area (Å²) in [6.45, 7) is 2.38. The fourth-order valence-electron chi connectivity index (χ4n) is 1.66. The Morgan fingerprint density at radius 3 is 3.12 bits per heavy atom. The average Bonchev–Trinajstić information content (AvgIpc) is 2.50. The summed E-state index contributed by atoms with van der Waals surface area (Å²) in [6.07, 6.45) is 1.20. The topological polar surface area (TPSA) is 76.4 Å². The molecule has 0 unspecified atom stereocenters. The Morgan fingerprint density at radius 1 is 1.65 bits per heavy atom. The van der Waals surface area contributed by atoms with E-state index in [0.29, 0.717) is 19.5 Å². The highest BCUT2D eigenvalue weighted by Crippen LogP contribution is 1.98. The van der Waals surface area contributed by atoms with E-state index in [2.05, 4.69) is 5.32 Å². The molecule has 6 nitrogen and oxygen atoms in total. The van der Waals surface area contributed by atoms with Crippen molar-refractivity contribution in [2.45, 2.75) is 12.8 Å². The second-order valence-corrected chi connectivity index (χ2v) is 4.14. The molecule has 17 heavy (non-hydrogen) atoms. The standard InChI is InChI=1S/C11H18N4O2/c1-14(6-2-4-12)11(17)9-15-7-3-5-13-10(16)8-15/h2-3,5-9H2,1H3,(H,13,16). The first kappa shape index (κ1) is 13.5. The summed E-state index contributed by atoms with van der Waals surface area (Å²) in [5, 5.41) is 11.2. The van der Waals surface area contributed by atoms with Gasteiger partial charge in [-0.15, -0.1) is 0 Å². The third kappa shape index (κ3) is 4.83. The third-order valence-corrected chi connectivity index (χ3v) is 2.68. The van der Waals surface area contributed by atoms with E-state index in [9.17, 15) is 9.59 Å². The molecule has 1 rings (SSSR count). The van der Waals surface area contributed by atoms with Gasteiger partial charge in [0.25, 0.3) is 0 Å². The number of hydrogen-bond donors (Lipinski definition) is 1. The van der Waals surface area contributed by atoms with Crippen LogP contribution < -0.4 is 5.32 Å². The van der Waals surface area contributed by atoms with Crippen LogP contribution in [0.5, 0.6) is 0 Å². The summed E-state index contributed by atoms with van der Waals surface area (Å²) in [5.74, 6) is -0.0788. The van der Waals surface area contributed by atoms with Gasteiger partial charge in [-0.25, -0.2) is 0 Å². The van der Waals surface area contributed by atoms with E-state index in [1.165, 1.54) is 4.90 Å². The number of carbonyl (C=O) groups excluding carboxylic acids is 2. The van der Waals surface area contributed by atoms with Crippen molar-refractivity contribution < 1.29 is 9.59 Å². The van der Waals surface area contributed by atoms with Crippen LogP contribution in [0, 0.1) is 11.3 Å². The summed E-state index contributed by atoms with van der Waals surface area (Å²) in [4.78, 5) is 26.4. The maximum atomic E-state index is 11.8. The molecule has 6 heteroatoms. The summed E-state index contributed by atoms with van der Waals surface area (Å²) >= 11 is 0. The van der Waals surface area contributed by atoms with Crippen molar-refractivity contribution >= 4 is 11.8 Å². The molecule has 0 spiro atoms. The van der Waals surface area contributed by atoms with Crippen molar-refractivity contribution in [3.63, 3.8) is 0 Å². The van der Waals surface area contributed by atoms with Crippen molar-refractivity contribution in [3.05, 3.63) is 0 Å². The van der Waals surface area contributed by atoms with Gasteiger partial charge in [-0.3, -0.25) is 14.5 Å². The minimum absolute atomic E-state index is 0.0324. The molecule has 1 aliphatic rings. The van der Waals surface area contributed by atoms with Crippen molar-refractivity contribution in [3.8, 4) is 6.07 Å². The zero-order valence-electron chi connectivity index (χ0n) is 10.1. The number of carbonyl (C=O) groups is 2. The predicted molar refractivity (Wildman–Crippen MR) is 61.9 cm³/mol. The van der Waals surface area contributed by atoms with Gasteiger partial charge in [0.2, 0.25) is 11.8 Å². The molecule has 0 radical (unpaired) electrons. The zero-order valence-corrected chi connectivity index (χ0v) is 10.1. The van der Waals surface area contributed by atoms with Crippen molar-refractivity contribution in [1.29, 1.82) is 5.26 Å². The Hall–Kier alpha value is -1.61. The van der Waals surface area contributed by atoms with Crippen LogP contribution in [-0.2, 0) is 9.59 Å². The molecule has 94 valence electrons. The lowest BCUT2D eigenvalue weighted by molar-refractivity contribution is -0.131. The molecular weight excluding hydrogens is 220 g/mol. The predicted octanol–water partition coefficient (Wildman–Crippen LogP) is -0.820. The van der Waals surface area contributed by atoms with Crippen molar-refractivity contribution in [2.24, 2.45) is 0 Å². The third-order valence-electron chi connectivity index (χ3n) is 2.68.